The van der Waals surface area contributed by atoms with Gasteiger partial charge in [0.1, 0.15) is 17.3 Å². The fourth-order valence-electron chi connectivity index (χ4n) is 1.83. The minimum atomic E-state index is -0.191. The molecule has 0 aliphatic rings. The molecule has 0 unspecified atom stereocenters. The van der Waals surface area contributed by atoms with Crippen LogP contribution in [0.4, 0.5) is 22.1 Å². The van der Waals surface area contributed by atoms with Crippen molar-refractivity contribution in [3.63, 3.8) is 0 Å². The number of aromatic nitrogens is 1. The molecule has 0 fully saturated rings. The largest absolute Gasteiger partial charge is 0.378 e. The van der Waals surface area contributed by atoms with Crippen molar-refractivity contribution in [1.82, 2.24) is 4.37 Å². The quantitative estimate of drug-likeness (QED) is 0.865. The number of nitriles is 1. The molecule has 7 nitrogen and oxygen atoms in total. The van der Waals surface area contributed by atoms with Gasteiger partial charge in [0.15, 0.2) is 5.00 Å². The number of aryl methyl sites for hydroxylation is 1. The van der Waals surface area contributed by atoms with E-state index in [1.807, 2.05) is 31.1 Å². The number of hydrogen-bond acceptors (Lipinski definition) is 7. The maximum atomic E-state index is 11.4. The fourth-order valence-corrected chi connectivity index (χ4v) is 2.51. The Morgan fingerprint density at radius 2 is 2.13 bits per heavy atom. The highest BCUT2D eigenvalue weighted by atomic mass is 32.1. The van der Waals surface area contributed by atoms with Crippen LogP contribution in [0, 0.1) is 18.3 Å². The summed E-state index contributed by atoms with van der Waals surface area (Å²) in [4.78, 5) is 13.3. The Balaban J connectivity index is 2.40. The number of hydrogen-bond donors (Lipinski definition) is 1. The summed E-state index contributed by atoms with van der Waals surface area (Å²) in [5.74, 6) is -0.191. The molecule has 2 rings (SSSR count). The van der Waals surface area contributed by atoms with Crippen molar-refractivity contribution in [2.24, 2.45) is 10.2 Å². The summed E-state index contributed by atoms with van der Waals surface area (Å²) in [5, 5.41) is 20.6. The predicted molar refractivity (Wildman–Crippen MR) is 90.8 cm³/mol. The number of benzene rings is 1. The Hall–Kier alpha value is -2.79. The van der Waals surface area contributed by atoms with Crippen molar-refractivity contribution in [3.05, 3.63) is 29.5 Å². The Kier molecular flexibility index (Phi) is 5.03. The van der Waals surface area contributed by atoms with Gasteiger partial charge in [0.25, 0.3) is 0 Å². The summed E-state index contributed by atoms with van der Waals surface area (Å²) in [6.45, 7) is 3.19. The second-order valence-corrected chi connectivity index (χ2v) is 5.79. The molecule has 8 heteroatoms. The smallest absolute Gasteiger partial charge is 0.221 e. The highest BCUT2D eigenvalue weighted by molar-refractivity contribution is 7.10. The predicted octanol–water partition coefficient (Wildman–Crippen LogP) is 3.76. The number of azo groups is 1. The molecular formula is C15H16N6OS. The van der Waals surface area contributed by atoms with Gasteiger partial charge < -0.3 is 10.2 Å². The van der Waals surface area contributed by atoms with E-state index in [4.69, 9.17) is 5.26 Å². The molecule has 0 saturated heterocycles. The molecule has 0 aliphatic heterocycles. The van der Waals surface area contributed by atoms with Crippen molar-refractivity contribution in [1.29, 1.82) is 5.26 Å². The molecule has 1 aromatic heterocycles. The van der Waals surface area contributed by atoms with Gasteiger partial charge in [-0.25, -0.2) is 0 Å². The number of carbonyl (C=O) groups is 1. The first kappa shape index (κ1) is 16.6. The van der Waals surface area contributed by atoms with Crippen LogP contribution in [-0.2, 0) is 4.79 Å². The minimum absolute atomic E-state index is 0.191. The monoisotopic (exact) mass is 328 g/mol. The summed E-state index contributed by atoms with van der Waals surface area (Å²) in [5.41, 5.74) is 3.06. The van der Waals surface area contributed by atoms with E-state index in [2.05, 4.69) is 26.0 Å². The lowest BCUT2D eigenvalue weighted by Crippen LogP contribution is -2.10. The van der Waals surface area contributed by atoms with Gasteiger partial charge in [0.2, 0.25) is 5.91 Å². The molecule has 0 radical (unpaired) electrons. The fraction of sp³-hybridized carbons (Fsp3) is 0.267. The third kappa shape index (κ3) is 3.90. The molecule has 1 N–H and O–H groups in total. The Labute approximate surface area is 138 Å². The second-order valence-electron chi connectivity index (χ2n) is 5.04. The van der Waals surface area contributed by atoms with Crippen LogP contribution in [0.1, 0.15) is 18.2 Å². The third-order valence-electron chi connectivity index (χ3n) is 3.01. The Morgan fingerprint density at radius 3 is 2.74 bits per heavy atom. The van der Waals surface area contributed by atoms with E-state index in [0.717, 1.165) is 17.2 Å². The summed E-state index contributed by atoms with van der Waals surface area (Å²) in [6.07, 6.45) is 0. The maximum absolute atomic E-state index is 11.4. The van der Waals surface area contributed by atoms with Crippen LogP contribution in [0.5, 0.6) is 0 Å². The van der Waals surface area contributed by atoms with E-state index in [-0.39, 0.29) is 5.91 Å². The standard InChI is InChI=1S/C15H16N6OS/c1-9-12(8-16)15(23-20-9)19-18-13-6-5-11(21(3)4)7-14(13)17-10(2)22/h5-7H,1-4H3,(H,17,22)/b19-18+. The lowest BCUT2D eigenvalue weighted by molar-refractivity contribution is -0.114. The van der Waals surface area contributed by atoms with Crippen LogP contribution in [0.25, 0.3) is 0 Å². The van der Waals surface area contributed by atoms with Crippen molar-refractivity contribution in [2.75, 3.05) is 24.3 Å². The third-order valence-corrected chi connectivity index (χ3v) is 3.84. The van der Waals surface area contributed by atoms with E-state index < -0.39 is 0 Å². The van der Waals surface area contributed by atoms with Crippen LogP contribution in [0.15, 0.2) is 28.4 Å². The van der Waals surface area contributed by atoms with E-state index in [1.165, 1.54) is 6.92 Å². The minimum Gasteiger partial charge on any atom is -0.378 e. The summed E-state index contributed by atoms with van der Waals surface area (Å²) in [6, 6.07) is 7.53. The lowest BCUT2D eigenvalue weighted by atomic mass is 10.2. The Morgan fingerprint density at radius 1 is 1.39 bits per heavy atom. The molecule has 1 aromatic carbocycles. The van der Waals surface area contributed by atoms with Crippen LogP contribution < -0.4 is 10.2 Å². The second kappa shape index (κ2) is 6.98. The van der Waals surface area contributed by atoms with Gasteiger partial charge in [0.05, 0.1) is 11.4 Å². The zero-order valence-electron chi connectivity index (χ0n) is 13.3. The van der Waals surface area contributed by atoms with Crippen molar-refractivity contribution in [3.8, 4) is 6.07 Å². The normalized spacial score (nSPS) is 10.6. The van der Waals surface area contributed by atoms with E-state index >= 15 is 0 Å². The number of anilines is 2. The first-order chi connectivity index (χ1) is 10.9. The summed E-state index contributed by atoms with van der Waals surface area (Å²) >= 11 is 1.12. The highest BCUT2D eigenvalue weighted by Crippen LogP contribution is 2.33. The van der Waals surface area contributed by atoms with Gasteiger partial charge >= 0.3 is 0 Å². The van der Waals surface area contributed by atoms with Crippen molar-refractivity contribution >= 4 is 39.5 Å². The molecule has 2 aromatic rings. The van der Waals surface area contributed by atoms with Gasteiger partial charge in [-0.15, -0.1) is 10.2 Å². The molecule has 118 valence electrons. The molecular weight excluding hydrogens is 312 g/mol. The molecule has 1 amide bonds. The molecule has 0 bridgehead atoms. The molecule has 1 heterocycles. The topological polar surface area (TPSA) is 93.7 Å². The number of rotatable bonds is 4. The van der Waals surface area contributed by atoms with Gasteiger partial charge in [-0.05, 0) is 36.7 Å². The first-order valence-corrected chi connectivity index (χ1v) is 7.56. The average Bonchev–Trinajstić information content (AvgIpc) is 2.85. The highest BCUT2D eigenvalue weighted by Gasteiger charge is 2.10. The van der Waals surface area contributed by atoms with E-state index in [1.54, 1.807) is 13.0 Å². The zero-order chi connectivity index (χ0) is 17.0. The molecule has 0 spiro atoms. The Bertz CT molecular complexity index is 803. The number of amides is 1. The van der Waals surface area contributed by atoms with Crippen LogP contribution in [-0.4, -0.2) is 24.4 Å². The van der Waals surface area contributed by atoms with Crippen LogP contribution >= 0.6 is 11.5 Å². The number of nitrogens with one attached hydrogen (secondary N) is 1. The summed E-state index contributed by atoms with van der Waals surface area (Å²) < 4.78 is 4.10. The van der Waals surface area contributed by atoms with Gasteiger partial charge in [-0.3, -0.25) is 4.79 Å². The van der Waals surface area contributed by atoms with Crippen molar-refractivity contribution < 1.29 is 4.79 Å². The molecule has 0 saturated carbocycles. The van der Waals surface area contributed by atoms with Crippen molar-refractivity contribution in [2.45, 2.75) is 13.8 Å². The zero-order valence-corrected chi connectivity index (χ0v) is 14.1. The molecule has 0 atom stereocenters. The first-order valence-electron chi connectivity index (χ1n) is 6.79. The van der Waals surface area contributed by atoms with Gasteiger partial charge in [-0.2, -0.15) is 9.64 Å². The van der Waals surface area contributed by atoms with Gasteiger partial charge in [-0.1, -0.05) is 0 Å². The molecule has 23 heavy (non-hydrogen) atoms. The summed E-state index contributed by atoms with van der Waals surface area (Å²) in [7, 11) is 3.82. The van der Waals surface area contributed by atoms with E-state index in [0.29, 0.717) is 27.6 Å². The average molecular weight is 328 g/mol. The van der Waals surface area contributed by atoms with E-state index in [9.17, 15) is 4.79 Å². The maximum Gasteiger partial charge on any atom is 0.221 e. The van der Waals surface area contributed by atoms with Crippen LogP contribution in [0.3, 0.4) is 0 Å². The number of nitrogens with zero attached hydrogens (tertiary/aromatic N) is 5. The van der Waals surface area contributed by atoms with Gasteiger partial charge in [0, 0.05) is 26.7 Å². The molecule has 0 aliphatic carbocycles. The number of carbonyl (C=O) groups excluding carboxylic acids is 1. The van der Waals surface area contributed by atoms with Crippen LogP contribution in [0.2, 0.25) is 0 Å². The SMILES string of the molecule is CC(=O)Nc1cc(N(C)C)ccc1/N=N/c1snc(C)c1C#N. The lowest BCUT2D eigenvalue weighted by Gasteiger charge is -2.15.